The van der Waals surface area contributed by atoms with Crippen molar-refractivity contribution in [2.45, 2.75) is 44.7 Å². The molecule has 0 amide bonds. The largest absolute Gasteiger partial charge is 0.329 e. The van der Waals surface area contributed by atoms with Crippen LogP contribution < -0.4 is 5.73 Å². The number of benzene rings is 1. The summed E-state index contributed by atoms with van der Waals surface area (Å²) < 4.78 is 40.4. The van der Waals surface area contributed by atoms with Crippen LogP contribution in [-0.4, -0.2) is 24.0 Å². The van der Waals surface area contributed by atoms with E-state index in [1.165, 1.54) is 0 Å². The van der Waals surface area contributed by atoms with Gasteiger partial charge in [-0.05, 0) is 31.9 Å². The zero-order valence-corrected chi connectivity index (χ0v) is 11.7. The summed E-state index contributed by atoms with van der Waals surface area (Å²) in [6.45, 7) is 3.09. The van der Waals surface area contributed by atoms with Gasteiger partial charge in [0.05, 0.1) is 6.04 Å². The first-order chi connectivity index (χ1) is 9.58. The van der Waals surface area contributed by atoms with Gasteiger partial charge in [-0.2, -0.15) is 0 Å². The molecule has 0 aliphatic heterocycles. The second kappa shape index (κ2) is 6.59. The third-order valence-electron chi connectivity index (χ3n) is 3.81. The van der Waals surface area contributed by atoms with E-state index >= 15 is 0 Å². The minimum Gasteiger partial charge on any atom is -0.329 e. The van der Waals surface area contributed by atoms with E-state index in [4.69, 9.17) is 5.73 Å². The van der Waals surface area contributed by atoms with Crippen molar-refractivity contribution < 1.29 is 13.2 Å². The highest BCUT2D eigenvalue weighted by atomic mass is 19.2. The standard InChI is InChI=1S/C15H21F3N2/c1-2-3-6-20(10-4-5-10)15(9-19)11-7-13(17)14(18)8-12(11)16/h7-8,10,15H,2-6,9,19H2,1H3. The summed E-state index contributed by atoms with van der Waals surface area (Å²) in [5.41, 5.74) is 5.94. The SMILES string of the molecule is CCCCN(C1CC1)C(CN)c1cc(F)c(F)cc1F. The molecule has 1 aromatic rings. The first-order valence-corrected chi connectivity index (χ1v) is 7.18. The Morgan fingerprint density at radius 1 is 1.20 bits per heavy atom. The number of hydrogen-bond donors (Lipinski definition) is 1. The molecule has 0 bridgehead atoms. The molecule has 2 N–H and O–H groups in total. The van der Waals surface area contributed by atoms with Crippen LogP contribution in [0.1, 0.15) is 44.2 Å². The fraction of sp³-hybridized carbons (Fsp3) is 0.600. The Morgan fingerprint density at radius 3 is 2.40 bits per heavy atom. The van der Waals surface area contributed by atoms with Gasteiger partial charge in [-0.3, -0.25) is 4.90 Å². The Balaban J connectivity index is 2.27. The highest BCUT2D eigenvalue weighted by Gasteiger charge is 2.35. The van der Waals surface area contributed by atoms with Crippen LogP contribution in [0.25, 0.3) is 0 Å². The molecule has 0 aromatic heterocycles. The molecule has 1 aliphatic carbocycles. The second-order valence-corrected chi connectivity index (χ2v) is 5.36. The van der Waals surface area contributed by atoms with Crippen molar-refractivity contribution in [2.75, 3.05) is 13.1 Å². The van der Waals surface area contributed by atoms with Gasteiger partial charge in [0.25, 0.3) is 0 Å². The molecule has 2 rings (SSSR count). The molecule has 1 fully saturated rings. The molecule has 1 aliphatic rings. The van der Waals surface area contributed by atoms with Crippen LogP contribution in [0.2, 0.25) is 0 Å². The third kappa shape index (κ3) is 3.33. The number of unbranched alkanes of at least 4 members (excludes halogenated alkanes) is 1. The minimum absolute atomic E-state index is 0.161. The molecule has 0 spiro atoms. The molecule has 1 atom stereocenters. The minimum atomic E-state index is -1.16. The van der Waals surface area contributed by atoms with Gasteiger partial charge < -0.3 is 5.73 Å². The molecule has 0 saturated heterocycles. The van der Waals surface area contributed by atoms with Gasteiger partial charge in [-0.25, -0.2) is 13.2 Å². The average molecular weight is 286 g/mol. The van der Waals surface area contributed by atoms with Gasteiger partial charge in [0.2, 0.25) is 0 Å². The normalized spacial score (nSPS) is 16.7. The van der Waals surface area contributed by atoms with Gasteiger partial charge in [-0.15, -0.1) is 0 Å². The van der Waals surface area contributed by atoms with E-state index in [1.807, 2.05) is 0 Å². The van der Waals surface area contributed by atoms with Gasteiger partial charge in [0.15, 0.2) is 11.6 Å². The van der Waals surface area contributed by atoms with Gasteiger partial charge in [0.1, 0.15) is 5.82 Å². The maximum absolute atomic E-state index is 13.9. The van der Waals surface area contributed by atoms with Crippen LogP contribution in [0.5, 0.6) is 0 Å². The summed E-state index contributed by atoms with van der Waals surface area (Å²) in [6, 6.07) is 1.56. The first kappa shape index (κ1) is 15.3. The summed E-state index contributed by atoms with van der Waals surface area (Å²) in [4.78, 5) is 2.14. The smallest absolute Gasteiger partial charge is 0.161 e. The molecule has 0 radical (unpaired) electrons. The number of nitrogens with two attached hydrogens (primary N) is 1. The lowest BCUT2D eigenvalue weighted by molar-refractivity contribution is 0.184. The van der Waals surface area contributed by atoms with E-state index in [2.05, 4.69) is 11.8 Å². The van der Waals surface area contributed by atoms with Crippen LogP contribution in [-0.2, 0) is 0 Å². The Bertz CT molecular complexity index is 461. The zero-order valence-electron chi connectivity index (χ0n) is 11.7. The second-order valence-electron chi connectivity index (χ2n) is 5.36. The van der Waals surface area contributed by atoms with Crippen LogP contribution in [0, 0.1) is 17.5 Å². The number of hydrogen-bond acceptors (Lipinski definition) is 2. The predicted molar refractivity (Wildman–Crippen MR) is 72.7 cm³/mol. The molecule has 1 unspecified atom stereocenters. The van der Waals surface area contributed by atoms with Gasteiger partial charge >= 0.3 is 0 Å². The predicted octanol–water partition coefficient (Wildman–Crippen LogP) is 3.37. The lowest BCUT2D eigenvalue weighted by Crippen LogP contribution is -2.37. The molecule has 1 aromatic carbocycles. The molecule has 20 heavy (non-hydrogen) atoms. The van der Waals surface area contributed by atoms with Crippen molar-refractivity contribution in [3.05, 3.63) is 35.1 Å². The maximum Gasteiger partial charge on any atom is 0.161 e. The Morgan fingerprint density at radius 2 is 1.85 bits per heavy atom. The number of nitrogens with zero attached hydrogens (tertiary/aromatic N) is 1. The van der Waals surface area contributed by atoms with Crippen molar-refractivity contribution in [2.24, 2.45) is 5.73 Å². The maximum atomic E-state index is 13.9. The van der Waals surface area contributed by atoms with Crippen molar-refractivity contribution in [1.29, 1.82) is 0 Å². The third-order valence-corrected chi connectivity index (χ3v) is 3.81. The van der Waals surface area contributed by atoms with Crippen molar-refractivity contribution in [3.63, 3.8) is 0 Å². The average Bonchev–Trinajstić information content (AvgIpc) is 3.24. The lowest BCUT2D eigenvalue weighted by atomic mass is 10.0. The molecule has 5 heteroatoms. The summed E-state index contributed by atoms with van der Waals surface area (Å²) in [5.74, 6) is -2.90. The quantitative estimate of drug-likeness (QED) is 0.779. The summed E-state index contributed by atoms with van der Waals surface area (Å²) in [7, 11) is 0. The van der Waals surface area contributed by atoms with Crippen molar-refractivity contribution >= 4 is 0 Å². The molecule has 2 nitrogen and oxygen atoms in total. The summed E-state index contributed by atoms with van der Waals surface area (Å²) in [5, 5.41) is 0. The van der Waals surface area contributed by atoms with Crippen LogP contribution in [0.3, 0.4) is 0 Å². The molecule has 0 heterocycles. The summed E-state index contributed by atoms with van der Waals surface area (Å²) in [6.07, 6.45) is 4.14. The van der Waals surface area contributed by atoms with Crippen LogP contribution >= 0.6 is 0 Å². The van der Waals surface area contributed by atoms with E-state index < -0.39 is 17.5 Å². The highest BCUT2D eigenvalue weighted by Crippen LogP contribution is 2.35. The molecular formula is C15H21F3N2. The van der Waals surface area contributed by atoms with Crippen molar-refractivity contribution in [1.82, 2.24) is 4.90 Å². The van der Waals surface area contributed by atoms with Crippen LogP contribution in [0.15, 0.2) is 12.1 Å². The van der Waals surface area contributed by atoms with E-state index in [-0.39, 0.29) is 18.2 Å². The number of rotatable bonds is 7. The topological polar surface area (TPSA) is 29.3 Å². The number of halogens is 3. The van der Waals surface area contributed by atoms with E-state index in [9.17, 15) is 13.2 Å². The highest BCUT2D eigenvalue weighted by molar-refractivity contribution is 5.24. The fourth-order valence-corrected chi connectivity index (χ4v) is 2.57. The molecular weight excluding hydrogens is 265 g/mol. The van der Waals surface area contributed by atoms with Gasteiger partial charge in [-0.1, -0.05) is 13.3 Å². The Kier molecular flexibility index (Phi) is 5.05. The van der Waals surface area contributed by atoms with Gasteiger partial charge in [0, 0.05) is 24.2 Å². The van der Waals surface area contributed by atoms with E-state index in [1.54, 1.807) is 0 Å². The Hall–Kier alpha value is -1.07. The zero-order chi connectivity index (χ0) is 14.7. The summed E-state index contributed by atoms with van der Waals surface area (Å²) >= 11 is 0. The first-order valence-electron chi connectivity index (χ1n) is 7.18. The molecule has 112 valence electrons. The lowest BCUT2D eigenvalue weighted by Gasteiger charge is -2.31. The van der Waals surface area contributed by atoms with E-state index in [0.29, 0.717) is 12.1 Å². The monoisotopic (exact) mass is 286 g/mol. The van der Waals surface area contributed by atoms with Crippen LogP contribution in [0.4, 0.5) is 13.2 Å². The fourth-order valence-electron chi connectivity index (χ4n) is 2.57. The Labute approximate surface area is 117 Å². The van der Waals surface area contributed by atoms with E-state index in [0.717, 1.165) is 38.3 Å². The molecule has 1 saturated carbocycles. The van der Waals surface area contributed by atoms with Crippen molar-refractivity contribution in [3.8, 4) is 0 Å².